The van der Waals surface area contributed by atoms with Gasteiger partial charge in [-0.2, -0.15) is 0 Å². The number of benzene rings is 2. The number of carbonyl (C=O) groups is 1. The third-order valence-electron chi connectivity index (χ3n) is 3.03. The van der Waals surface area contributed by atoms with Crippen molar-refractivity contribution < 1.29 is 9.18 Å². The normalized spacial score (nSPS) is 11.9. The fourth-order valence-corrected chi connectivity index (χ4v) is 2.02. The molecule has 20 heavy (non-hydrogen) atoms. The molecule has 4 heteroatoms. The first kappa shape index (κ1) is 14.2. The topological polar surface area (TPSA) is 55.1 Å². The van der Waals surface area contributed by atoms with Crippen LogP contribution in [0.2, 0.25) is 0 Å². The van der Waals surface area contributed by atoms with Gasteiger partial charge in [0.25, 0.3) is 0 Å². The lowest BCUT2D eigenvalue weighted by atomic mass is 10.1. The number of nitrogens with two attached hydrogens (primary N) is 1. The first-order valence-electron chi connectivity index (χ1n) is 6.45. The minimum Gasteiger partial charge on any atom is -0.325 e. The monoisotopic (exact) mass is 272 g/mol. The van der Waals surface area contributed by atoms with E-state index in [4.69, 9.17) is 5.73 Å². The summed E-state index contributed by atoms with van der Waals surface area (Å²) in [5.74, 6) is -0.633. The average Bonchev–Trinajstić information content (AvgIpc) is 2.41. The molecule has 2 aromatic rings. The number of para-hydroxylation sites is 1. The van der Waals surface area contributed by atoms with E-state index in [-0.39, 0.29) is 24.2 Å². The van der Waals surface area contributed by atoms with Gasteiger partial charge in [0.15, 0.2) is 0 Å². The predicted octanol–water partition coefficient (Wildman–Crippen LogP) is 3.03. The van der Waals surface area contributed by atoms with E-state index in [0.29, 0.717) is 11.3 Å². The van der Waals surface area contributed by atoms with Crippen LogP contribution in [0.3, 0.4) is 0 Å². The molecule has 0 saturated heterocycles. The lowest BCUT2D eigenvalue weighted by Crippen LogP contribution is -2.18. The molecule has 0 bridgehead atoms. The summed E-state index contributed by atoms with van der Waals surface area (Å²) in [4.78, 5) is 12.0. The number of amides is 1. The molecule has 0 aliphatic carbocycles. The second kappa shape index (κ2) is 6.30. The summed E-state index contributed by atoms with van der Waals surface area (Å²) in [6, 6.07) is 13.4. The van der Waals surface area contributed by atoms with Gasteiger partial charge >= 0.3 is 0 Å². The Morgan fingerprint density at radius 3 is 2.55 bits per heavy atom. The summed E-state index contributed by atoms with van der Waals surface area (Å²) < 4.78 is 13.5. The second-order valence-corrected chi connectivity index (χ2v) is 4.69. The van der Waals surface area contributed by atoms with Gasteiger partial charge in [-0.05, 0) is 30.2 Å². The van der Waals surface area contributed by atoms with Crippen LogP contribution in [0.4, 0.5) is 10.1 Å². The summed E-state index contributed by atoms with van der Waals surface area (Å²) in [6.07, 6.45) is -0.0000397. The molecule has 0 fully saturated rings. The summed E-state index contributed by atoms with van der Waals surface area (Å²) in [7, 11) is 0. The number of hydrogen-bond donors (Lipinski definition) is 2. The Morgan fingerprint density at radius 2 is 1.85 bits per heavy atom. The smallest absolute Gasteiger partial charge is 0.228 e. The van der Waals surface area contributed by atoms with Crippen molar-refractivity contribution in [1.29, 1.82) is 0 Å². The van der Waals surface area contributed by atoms with E-state index in [1.807, 2.05) is 25.1 Å². The standard InChI is InChI=1S/C16H17FN2O/c1-11(18)13-7-3-5-9-15(13)19-16(20)10-12-6-2-4-8-14(12)17/h2-9,11H,10,18H2,1H3,(H,19,20). The Bertz CT molecular complexity index is 611. The molecule has 1 atom stereocenters. The molecule has 0 saturated carbocycles. The maximum absolute atomic E-state index is 13.5. The molecule has 0 heterocycles. The first-order valence-corrected chi connectivity index (χ1v) is 6.45. The van der Waals surface area contributed by atoms with Crippen molar-refractivity contribution in [2.24, 2.45) is 5.73 Å². The largest absolute Gasteiger partial charge is 0.325 e. The molecule has 1 unspecified atom stereocenters. The third kappa shape index (κ3) is 3.42. The van der Waals surface area contributed by atoms with Crippen molar-refractivity contribution in [1.82, 2.24) is 0 Å². The molecule has 1 amide bonds. The molecule has 0 spiro atoms. The highest BCUT2D eigenvalue weighted by Gasteiger charge is 2.11. The molecule has 104 valence electrons. The number of hydrogen-bond acceptors (Lipinski definition) is 2. The quantitative estimate of drug-likeness (QED) is 0.898. The fraction of sp³-hybridized carbons (Fsp3) is 0.188. The van der Waals surface area contributed by atoms with Gasteiger partial charge in [0, 0.05) is 11.7 Å². The zero-order chi connectivity index (χ0) is 14.5. The van der Waals surface area contributed by atoms with Crippen molar-refractivity contribution in [2.75, 3.05) is 5.32 Å². The Kier molecular flexibility index (Phi) is 4.48. The van der Waals surface area contributed by atoms with Crippen LogP contribution < -0.4 is 11.1 Å². The summed E-state index contributed by atoms with van der Waals surface area (Å²) in [6.45, 7) is 1.85. The fourth-order valence-electron chi connectivity index (χ4n) is 2.02. The van der Waals surface area contributed by atoms with E-state index < -0.39 is 0 Å². The zero-order valence-corrected chi connectivity index (χ0v) is 11.3. The van der Waals surface area contributed by atoms with Crippen LogP contribution >= 0.6 is 0 Å². The van der Waals surface area contributed by atoms with Crippen LogP contribution in [0.15, 0.2) is 48.5 Å². The first-order chi connectivity index (χ1) is 9.58. The Hall–Kier alpha value is -2.20. The number of anilines is 1. The molecular weight excluding hydrogens is 255 g/mol. The van der Waals surface area contributed by atoms with Crippen LogP contribution in [0, 0.1) is 5.82 Å². The van der Waals surface area contributed by atoms with Crippen molar-refractivity contribution in [3.8, 4) is 0 Å². The molecule has 2 aromatic carbocycles. The summed E-state index contributed by atoms with van der Waals surface area (Å²) >= 11 is 0. The Morgan fingerprint density at radius 1 is 1.20 bits per heavy atom. The van der Waals surface area contributed by atoms with Crippen molar-refractivity contribution in [2.45, 2.75) is 19.4 Å². The van der Waals surface area contributed by atoms with E-state index in [0.717, 1.165) is 5.56 Å². The second-order valence-electron chi connectivity index (χ2n) is 4.69. The molecule has 0 aromatic heterocycles. The zero-order valence-electron chi connectivity index (χ0n) is 11.3. The molecule has 0 radical (unpaired) electrons. The highest BCUT2D eigenvalue weighted by molar-refractivity contribution is 5.93. The molecular formula is C16H17FN2O. The van der Waals surface area contributed by atoms with E-state index in [9.17, 15) is 9.18 Å². The Labute approximate surface area is 117 Å². The lowest BCUT2D eigenvalue weighted by Gasteiger charge is -2.13. The van der Waals surface area contributed by atoms with E-state index in [1.165, 1.54) is 6.07 Å². The van der Waals surface area contributed by atoms with Crippen molar-refractivity contribution in [3.63, 3.8) is 0 Å². The lowest BCUT2D eigenvalue weighted by molar-refractivity contribution is -0.115. The van der Waals surface area contributed by atoms with Gasteiger partial charge in [0.1, 0.15) is 5.82 Å². The van der Waals surface area contributed by atoms with Gasteiger partial charge in [-0.15, -0.1) is 0 Å². The maximum atomic E-state index is 13.5. The minimum absolute atomic E-state index is 0.0000397. The molecule has 2 rings (SSSR count). The molecule has 0 aliphatic rings. The predicted molar refractivity (Wildman–Crippen MR) is 77.8 cm³/mol. The SMILES string of the molecule is CC(N)c1ccccc1NC(=O)Cc1ccccc1F. The van der Waals surface area contributed by atoms with Crippen LogP contribution in [0.1, 0.15) is 24.1 Å². The molecule has 3 nitrogen and oxygen atoms in total. The molecule has 3 N–H and O–H groups in total. The number of carbonyl (C=O) groups excluding carboxylic acids is 1. The number of halogens is 1. The van der Waals surface area contributed by atoms with Crippen molar-refractivity contribution >= 4 is 11.6 Å². The van der Waals surface area contributed by atoms with E-state index in [2.05, 4.69) is 5.32 Å². The van der Waals surface area contributed by atoms with Gasteiger partial charge in [-0.3, -0.25) is 4.79 Å². The van der Waals surface area contributed by atoms with Gasteiger partial charge < -0.3 is 11.1 Å². The van der Waals surface area contributed by atoms with Crippen LogP contribution in [0.5, 0.6) is 0 Å². The molecule has 0 aliphatic heterocycles. The number of rotatable bonds is 4. The average molecular weight is 272 g/mol. The number of nitrogens with one attached hydrogen (secondary N) is 1. The van der Waals surface area contributed by atoms with Crippen LogP contribution in [-0.2, 0) is 11.2 Å². The van der Waals surface area contributed by atoms with Gasteiger partial charge in [0.05, 0.1) is 6.42 Å². The highest BCUT2D eigenvalue weighted by atomic mass is 19.1. The van der Waals surface area contributed by atoms with Crippen LogP contribution in [0.25, 0.3) is 0 Å². The minimum atomic E-state index is -0.372. The maximum Gasteiger partial charge on any atom is 0.228 e. The van der Waals surface area contributed by atoms with E-state index in [1.54, 1.807) is 24.3 Å². The highest BCUT2D eigenvalue weighted by Crippen LogP contribution is 2.21. The van der Waals surface area contributed by atoms with Gasteiger partial charge in [-0.25, -0.2) is 4.39 Å². The Balaban J connectivity index is 2.11. The van der Waals surface area contributed by atoms with Crippen LogP contribution in [-0.4, -0.2) is 5.91 Å². The summed E-state index contributed by atoms with van der Waals surface area (Å²) in [5.41, 5.74) is 7.76. The van der Waals surface area contributed by atoms with Gasteiger partial charge in [0.2, 0.25) is 5.91 Å². The summed E-state index contributed by atoms with van der Waals surface area (Å²) in [5, 5.41) is 2.78. The van der Waals surface area contributed by atoms with E-state index >= 15 is 0 Å². The van der Waals surface area contributed by atoms with Crippen molar-refractivity contribution in [3.05, 3.63) is 65.5 Å². The van der Waals surface area contributed by atoms with Gasteiger partial charge in [-0.1, -0.05) is 36.4 Å². The third-order valence-corrected chi connectivity index (χ3v) is 3.03.